The van der Waals surface area contributed by atoms with Crippen molar-refractivity contribution in [3.8, 4) is 0 Å². The van der Waals surface area contributed by atoms with E-state index >= 15 is 0 Å². The number of esters is 1. The molecule has 0 aromatic heterocycles. The van der Waals surface area contributed by atoms with Gasteiger partial charge < -0.3 is 19.3 Å². The molecule has 0 fully saturated rings. The number of carbonyl (C=O) groups excluding carboxylic acids is 1. The molecule has 40 heavy (non-hydrogen) atoms. The second-order valence-corrected chi connectivity index (χ2v) is 12.7. The Bertz CT molecular complexity index is 582. The third kappa shape index (κ3) is 32.1. The molecule has 0 radical (unpaired) electrons. The third-order valence-corrected chi connectivity index (χ3v) is 7.89. The van der Waals surface area contributed by atoms with Crippen molar-refractivity contribution >= 4 is 13.8 Å². The Labute approximate surface area is 247 Å². The quantitative estimate of drug-likeness (QED) is 0.0455. The molecule has 0 aromatic rings. The zero-order chi connectivity index (χ0) is 29.6. The second kappa shape index (κ2) is 30.0. The van der Waals surface area contributed by atoms with Gasteiger partial charge in [-0.25, -0.2) is 4.57 Å². The predicted molar refractivity (Wildman–Crippen MR) is 165 cm³/mol. The molecule has 0 saturated heterocycles. The number of hydrogen-bond acceptors (Lipinski definition) is 5. The number of rotatable bonds is 32. The minimum Gasteiger partial charge on any atom is -0.457 e. The SMILES string of the molecule is CCCCCCCCCCCCCCOC[C@H](COP(=O)(O)O)OC(=O)CCCCCCCCCCCCCC. The Morgan fingerprint density at radius 2 is 0.950 bits per heavy atom. The molecule has 0 aliphatic heterocycles. The molecular weight excluding hydrogens is 527 g/mol. The first-order chi connectivity index (χ1) is 19.4. The summed E-state index contributed by atoms with van der Waals surface area (Å²) in [5.74, 6) is -0.361. The van der Waals surface area contributed by atoms with Crippen LogP contribution in [0.5, 0.6) is 0 Å². The van der Waals surface area contributed by atoms with Crippen LogP contribution in [0.4, 0.5) is 0 Å². The van der Waals surface area contributed by atoms with Gasteiger partial charge in [-0.1, -0.05) is 155 Å². The highest BCUT2D eigenvalue weighted by Crippen LogP contribution is 2.35. The Balaban J connectivity index is 3.84. The highest BCUT2D eigenvalue weighted by Gasteiger charge is 2.21. The van der Waals surface area contributed by atoms with Crippen LogP contribution in [0.2, 0.25) is 0 Å². The first-order valence-electron chi connectivity index (χ1n) is 16.9. The number of phosphoric ester groups is 1. The van der Waals surface area contributed by atoms with E-state index in [9.17, 15) is 9.36 Å². The fraction of sp³-hybridized carbons (Fsp3) is 0.969. The first-order valence-corrected chi connectivity index (χ1v) is 18.4. The molecular formula is C32H65O7P. The number of phosphoric acid groups is 1. The molecule has 0 aromatic carbocycles. The fourth-order valence-corrected chi connectivity index (χ4v) is 5.27. The van der Waals surface area contributed by atoms with E-state index in [1.54, 1.807) is 0 Å². The van der Waals surface area contributed by atoms with E-state index < -0.39 is 13.9 Å². The zero-order valence-electron chi connectivity index (χ0n) is 26.3. The average Bonchev–Trinajstić information content (AvgIpc) is 2.92. The summed E-state index contributed by atoms with van der Waals surface area (Å²) in [5, 5.41) is 0. The maximum absolute atomic E-state index is 12.3. The van der Waals surface area contributed by atoms with Crippen LogP contribution in [0.25, 0.3) is 0 Å². The van der Waals surface area contributed by atoms with Gasteiger partial charge in [-0.05, 0) is 12.8 Å². The second-order valence-electron chi connectivity index (χ2n) is 11.5. The molecule has 7 nitrogen and oxygen atoms in total. The van der Waals surface area contributed by atoms with Gasteiger partial charge in [0.2, 0.25) is 0 Å². The van der Waals surface area contributed by atoms with E-state index in [0.717, 1.165) is 32.1 Å². The minimum atomic E-state index is -4.63. The lowest BCUT2D eigenvalue weighted by Crippen LogP contribution is -2.28. The summed E-state index contributed by atoms with van der Waals surface area (Å²) in [6, 6.07) is 0. The number of ether oxygens (including phenoxy) is 2. The highest BCUT2D eigenvalue weighted by atomic mass is 31.2. The lowest BCUT2D eigenvalue weighted by molar-refractivity contribution is -0.154. The van der Waals surface area contributed by atoms with Crippen molar-refractivity contribution in [1.82, 2.24) is 0 Å². The molecule has 0 heterocycles. The lowest BCUT2D eigenvalue weighted by atomic mass is 10.0. The van der Waals surface area contributed by atoms with Crippen molar-refractivity contribution < 1.29 is 33.1 Å². The van der Waals surface area contributed by atoms with Crippen LogP contribution in [-0.2, 0) is 23.4 Å². The fourth-order valence-electron chi connectivity index (χ4n) is 4.91. The topological polar surface area (TPSA) is 102 Å². The average molecular weight is 593 g/mol. The van der Waals surface area contributed by atoms with E-state index in [4.69, 9.17) is 19.3 Å². The smallest absolute Gasteiger partial charge is 0.457 e. The summed E-state index contributed by atoms with van der Waals surface area (Å²) in [5.41, 5.74) is 0. The molecule has 0 spiro atoms. The number of unbranched alkanes of at least 4 members (excludes halogenated alkanes) is 22. The Morgan fingerprint density at radius 1 is 0.575 bits per heavy atom. The van der Waals surface area contributed by atoms with Crippen LogP contribution in [0.1, 0.15) is 174 Å². The standard InChI is InChI=1S/C32H65O7P/c1-3-5-7-9-11-13-15-17-19-21-23-25-27-32(33)39-31(30-38-40(34,35)36)29-37-28-26-24-22-20-18-16-14-12-10-8-6-4-2/h31H,3-30H2,1-2H3,(H2,34,35,36)/t31-/m1/s1. The van der Waals surface area contributed by atoms with Crippen LogP contribution in [0, 0.1) is 0 Å². The first kappa shape index (κ1) is 39.5. The van der Waals surface area contributed by atoms with E-state index in [2.05, 4.69) is 18.4 Å². The zero-order valence-corrected chi connectivity index (χ0v) is 27.2. The van der Waals surface area contributed by atoms with Crippen LogP contribution in [-0.4, -0.2) is 41.7 Å². The summed E-state index contributed by atoms with van der Waals surface area (Å²) in [4.78, 5) is 30.3. The molecule has 0 aliphatic rings. The summed E-state index contributed by atoms with van der Waals surface area (Å²) >= 11 is 0. The molecule has 2 N–H and O–H groups in total. The van der Waals surface area contributed by atoms with Gasteiger partial charge in [0.25, 0.3) is 0 Å². The van der Waals surface area contributed by atoms with E-state index in [1.807, 2.05) is 0 Å². The summed E-state index contributed by atoms with van der Waals surface area (Å²) in [6.07, 6.45) is 29.4. The van der Waals surface area contributed by atoms with Gasteiger partial charge in [0, 0.05) is 13.0 Å². The Kier molecular flexibility index (Phi) is 29.7. The normalized spacial score (nSPS) is 12.6. The van der Waals surface area contributed by atoms with Crippen LogP contribution < -0.4 is 0 Å². The number of carbonyl (C=O) groups is 1. The molecule has 1 atom stereocenters. The Hall–Kier alpha value is -0.460. The summed E-state index contributed by atoms with van der Waals surface area (Å²) in [7, 11) is -4.63. The summed E-state index contributed by atoms with van der Waals surface area (Å²) < 4.78 is 26.8. The largest absolute Gasteiger partial charge is 0.469 e. The lowest BCUT2D eigenvalue weighted by Gasteiger charge is -2.18. The summed E-state index contributed by atoms with van der Waals surface area (Å²) in [6.45, 7) is 4.75. The van der Waals surface area contributed by atoms with Crippen molar-refractivity contribution in [2.75, 3.05) is 19.8 Å². The molecule has 240 valence electrons. The van der Waals surface area contributed by atoms with Crippen molar-refractivity contribution in [1.29, 1.82) is 0 Å². The van der Waals surface area contributed by atoms with E-state index in [1.165, 1.54) is 122 Å². The monoisotopic (exact) mass is 592 g/mol. The molecule has 8 heteroatoms. The van der Waals surface area contributed by atoms with Gasteiger partial charge in [-0.3, -0.25) is 9.32 Å². The van der Waals surface area contributed by atoms with E-state index in [0.29, 0.717) is 13.0 Å². The molecule has 0 aliphatic carbocycles. The maximum atomic E-state index is 12.3. The molecule has 0 unspecified atom stereocenters. The van der Waals surface area contributed by atoms with Crippen molar-refractivity contribution in [2.45, 2.75) is 180 Å². The van der Waals surface area contributed by atoms with Crippen molar-refractivity contribution in [2.24, 2.45) is 0 Å². The maximum Gasteiger partial charge on any atom is 0.469 e. The molecule has 0 rings (SSSR count). The van der Waals surface area contributed by atoms with Gasteiger partial charge in [0.15, 0.2) is 0 Å². The van der Waals surface area contributed by atoms with Crippen molar-refractivity contribution in [3.63, 3.8) is 0 Å². The predicted octanol–water partition coefficient (Wildman–Crippen LogP) is 9.82. The van der Waals surface area contributed by atoms with Gasteiger partial charge in [0.1, 0.15) is 6.10 Å². The Morgan fingerprint density at radius 3 is 1.35 bits per heavy atom. The highest BCUT2D eigenvalue weighted by molar-refractivity contribution is 7.46. The van der Waals surface area contributed by atoms with Crippen LogP contribution in [0.15, 0.2) is 0 Å². The molecule has 0 amide bonds. The van der Waals surface area contributed by atoms with Crippen LogP contribution >= 0.6 is 7.82 Å². The number of hydrogen-bond donors (Lipinski definition) is 2. The van der Waals surface area contributed by atoms with Gasteiger partial charge in [0.05, 0.1) is 13.2 Å². The third-order valence-electron chi connectivity index (χ3n) is 7.41. The minimum absolute atomic E-state index is 0.0855. The van der Waals surface area contributed by atoms with Crippen molar-refractivity contribution in [3.05, 3.63) is 0 Å². The van der Waals surface area contributed by atoms with Gasteiger partial charge in [-0.2, -0.15) is 0 Å². The van der Waals surface area contributed by atoms with Crippen LogP contribution in [0.3, 0.4) is 0 Å². The van der Waals surface area contributed by atoms with E-state index in [-0.39, 0.29) is 19.2 Å². The molecule has 0 bridgehead atoms. The molecule has 0 saturated carbocycles. The van der Waals surface area contributed by atoms with Gasteiger partial charge in [-0.15, -0.1) is 0 Å². The van der Waals surface area contributed by atoms with Gasteiger partial charge >= 0.3 is 13.8 Å².